The van der Waals surface area contributed by atoms with Crippen LogP contribution in [0.3, 0.4) is 0 Å². The van der Waals surface area contributed by atoms with Crippen molar-refractivity contribution in [2.45, 2.75) is 25.9 Å². The van der Waals surface area contributed by atoms with Crippen molar-refractivity contribution in [3.05, 3.63) is 35.4 Å². The van der Waals surface area contributed by atoms with Crippen molar-refractivity contribution < 1.29 is 13.9 Å². The predicted octanol–water partition coefficient (Wildman–Crippen LogP) is 2.80. The molecule has 0 amide bonds. The van der Waals surface area contributed by atoms with E-state index in [4.69, 9.17) is 0 Å². The normalized spacial score (nSPS) is 12.9. The monoisotopic (exact) mass is 186 g/mol. The number of rotatable bonds is 3. The van der Waals surface area contributed by atoms with E-state index in [0.29, 0.717) is 12.0 Å². The van der Waals surface area contributed by atoms with Crippen LogP contribution in [0, 0.1) is 11.6 Å². The van der Waals surface area contributed by atoms with Gasteiger partial charge in [-0.1, -0.05) is 13.3 Å². The van der Waals surface area contributed by atoms with Crippen LogP contribution in [0.2, 0.25) is 0 Å². The van der Waals surface area contributed by atoms with Crippen molar-refractivity contribution in [1.82, 2.24) is 0 Å². The zero-order valence-corrected chi connectivity index (χ0v) is 7.43. The second-order valence-electron chi connectivity index (χ2n) is 3.01. The summed E-state index contributed by atoms with van der Waals surface area (Å²) in [6, 6.07) is 3.11. The fourth-order valence-corrected chi connectivity index (χ4v) is 1.21. The molecule has 0 fully saturated rings. The molecule has 0 saturated heterocycles. The van der Waals surface area contributed by atoms with Gasteiger partial charge in [0, 0.05) is 6.07 Å². The zero-order chi connectivity index (χ0) is 9.84. The molecule has 1 nitrogen and oxygen atoms in total. The van der Waals surface area contributed by atoms with E-state index in [2.05, 4.69) is 0 Å². The fourth-order valence-electron chi connectivity index (χ4n) is 1.21. The van der Waals surface area contributed by atoms with Crippen molar-refractivity contribution >= 4 is 0 Å². The number of hydrogen-bond acceptors (Lipinski definition) is 1. The summed E-state index contributed by atoms with van der Waals surface area (Å²) in [5.41, 5.74) is 0.305. The molecule has 1 rings (SSSR count). The van der Waals surface area contributed by atoms with Gasteiger partial charge in [0.25, 0.3) is 0 Å². The predicted molar refractivity (Wildman–Crippen MR) is 46.2 cm³/mol. The SMILES string of the molecule is CCC[C@@H](O)c1cc(F)cc(F)c1. The van der Waals surface area contributed by atoms with Gasteiger partial charge in [-0.15, -0.1) is 0 Å². The first-order valence-electron chi connectivity index (χ1n) is 4.27. The molecule has 1 aromatic carbocycles. The van der Waals surface area contributed by atoms with Gasteiger partial charge in [-0.3, -0.25) is 0 Å². The number of aliphatic hydroxyl groups excluding tert-OH is 1. The lowest BCUT2D eigenvalue weighted by Gasteiger charge is -2.09. The molecular weight excluding hydrogens is 174 g/mol. The van der Waals surface area contributed by atoms with E-state index >= 15 is 0 Å². The Balaban J connectivity index is 2.87. The van der Waals surface area contributed by atoms with Crippen molar-refractivity contribution in [1.29, 1.82) is 0 Å². The quantitative estimate of drug-likeness (QED) is 0.769. The molecule has 0 bridgehead atoms. The zero-order valence-electron chi connectivity index (χ0n) is 7.43. The van der Waals surface area contributed by atoms with Crippen molar-refractivity contribution in [3.8, 4) is 0 Å². The first-order chi connectivity index (χ1) is 6.13. The Hall–Kier alpha value is -0.960. The largest absolute Gasteiger partial charge is 0.388 e. The number of benzene rings is 1. The lowest BCUT2D eigenvalue weighted by Crippen LogP contribution is -1.98. The summed E-state index contributed by atoms with van der Waals surface area (Å²) >= 11 is 0. The summed E-state index contributed by atoms with van der Waals surface area (Å²) in [7, 11) is 0. The molecule has 0 aliphatic carbocycles. The molecule has 0 aromatic heterocycles. The molecule has 3 heteroatoms. The third kappa shape index (κ3) is 2.77. The molecule has 0 spiro atoms. The molecule has 0 saturated carbocycles. The average molecular weight is 186 g/mol. The summed E-state index contributed by atoms with van der Waals surface area (Å²) in [4.78, 5) is 0. The molecule has 0 aliphatic heterocycles. The smallest absolute Gasteiger partial charge is 0.126 e. The topological polar surface area (TPSA) is 20.2 Å². The average Bonchev–Trinajstić information content (AvgIpc) is 2.03. The van der Waals surface area contributed by atoms with Crippen LogP contribution in [-0.4, -0.2) is 5.11 Å². The van der Waals surface area contributed by atoms with Gasteiger partial charge >= 0.3 is 0 Å². The maximum absolute atomic E-state index is 12.7. The molecule has 72 valence electrons. The Morgan fingerprint density at radius 1 is 1.23 bits per heavy atom. The second kappa shape index (κ2) is 4.33. The van der Waals surface area contributed by atoms with Crippen LogP contribution >= 0.6 is 0 Å². The number of aliphatic hydroxyl groups is 1. The Kier molecular flexibility index (Phi) is 3.37. The molecule has 1 aromatic rings. The molecule has 0 radical (unpaired) electrons. The lowest BCUT2D eigenvalue weighted by molar-refractivity contribution is 0.165. The van der Waals surface area contributed by atoms with Gasteiger partial charge in [0.05, 0.1) is 6.10 Å². The van der Waals surface area contributed by atoms with Gasteiger partial charge in [0.15, 0.2) is 0 Å². The van der Waals surface area contributed by atoms with Gasteiger partial charge in [-0.05, 0) is 24.1 Å². The molecule has 13 heavy (non-hydrogen) atoms. The minimum absolute atomic E-state index is 0.305. The third-order valence-corrected chi connectivity index (χ3v) is 1.83. The van der Waals surface area contributed by atoms with Gasteiger partial charge in [-0.2, -0.15) is 0 Å². The lowest BCUT2D eigenvalue weighted by atomic mass is 10.1. The molecule has 0 unspecified atom stereocenters. The van der Waals surface area contributed by atoms with Crippen LogP contribution in [0.25, 0.3) is 0 Å². The van der Waals surface area contributed by atoms with E-state index in [1.165, 1.54) is 0 Å². The Labute approximate surface area is 76.0 Å². The van der Waals surface area contributed by atoms with Crippen molar-refractivity contribution in [3.63, 3.8) is 0 Å². The van der Waals surface area contributed by atoms with Gasteiger partial charge in [0.1, 0.15) is 11.6 Å². The summed E-state index contributed by atoms with van der Waals surface area (Å²) in [6.45, 7) is 1.90. The van der Waals surface area contributed by atoms with Crippen LogP contribution in [-0.2, 0) is 0 Å². The van der Waals surface area contributed by atoms with Crippen molar-refractivity contribution in [2.24, 2.45) is 0 Å². The molecule has 1 atom stereocenters. The Bertz CT molecular complexity index is 266. The molecule has 1 N–H and O–H groups in total. The Morgan fingerprint density at radius 2 is 1.77 bits per heavy atom. The third-order valence-electron chi connectivity index (χ3n) is 1.83. The van der Waals surface area contributed by atoms with Crippen LogP contribution in [0.5, 0.6) is 0 Å². The summed E-state index contributed by atoms with van der Waals surface area (Å²) in [6.07, 6.45) is 0.526. The van der Waals surface area contributed by atoms with E-state index in [-0.39, 0.29) is 0 Å². The minimum atomic E-state index is -0.768. The maximum atomic E-state index is 12.7. The fraction of sp³-hybridized carbons (Fsp3) is 0.400. The van der Waals surface area contributed by atoms with E-state index in [0.717, 1.165) is 24.6 Å². The van der Waals surface area contributed by atoms with Crippen LogP contribution in [0.15, 0.2) is 18.2 Å². The summed E-state index contributed by atoms with van der Waals surface area (Å²) in [5.74, 6) is -1.30. The number of hydrogen-bond donors (Lipinski definition) is 1. The second-order valence-corrected chi connectivity index (χ2v) is 3.01. The van der Waals surface area contributed by atoms with E-state index in [9.17, 15) is 13.9 Å². The van der Waals surface area contributed by atoms with Gasteiger partial charge in [-0.25, -0.2) is 8.78 Å². The van der Waals surface area contributed by atoms with Crippen LogP contribution in [0.1, 0.15) is 31.4 Å². The van der Waals surface area contributed by atoms with E-state index in [1.807, 2.05) is 6.92 Å². The maximum Gasteiger partial charge on any atom is 0.126 e. The van der Waals surface area contributed by atoms with E-state index < -0.39 is 17.7 Å². The number of halogens is 2. The van der Waals surface area contributed by atoms with E-state index in [1.54, 1.807) is 0 Å². The minimum Gasteiger partial charge on any atom is -0.388 e. The highest BCUT2D eigenvalue weighted by molar-refractivity contribution is 5.19. The highest BCUT2D eigenvalue weighted by atomic mass is 19.1. The molecule has 0 heterocycles. The van der Waals surface area contributed by atoms with Gasteiger partial charge in [0.2, 0.25) is 0 Å². The van der Waals surface area contributed by atoms with Gasteiger partial charge < -0.3 is 5.11 Å². The standard InChI is InChI=1S/C10H12F2O/c1-2-3-10(13)7-4-8(11)6-9(12)5-7/h4-6,10,13H,2-3H2,1H3/t10-/m1/s1. The summed E-state index contributed by atoms with van der Waals surface area (Å²) < 4.78 is 25.4. The Morgan fingerprint density at radius 3 is 2.23 bits per heavy atom. The summed E-state index contributed by atoms with van der Waals surface area (Å²) in [5, 5.41) is 9.44. The van der Waals surface area contributed by atoms with Crippen LogP contribution in [0.4, 0.5) is 8.78 Å². The first-order valence-corrected chi connectivity index (χ1v) is 4.27. The molecule has 0 aliphatic rings. The highest BCUT2D eigenvalue weighted by Gasteiger charge is 2.08. The first kappa shape index (κ1) is 10.1. The molecular formula is C10H12F2O. The van der Waals surface area contributed by atoms with Crippen molar-refractivity contribution in [2.75, 3.05) is 0 Å². The highest BCUT2D eigenvalue weighted by Crippen LogP contribution is 2.19. The van der Waals surface area contributed by atoms with Crippen LogP contribution < -0.4 is 0 Å².